The van der Waals surface area contributed by atoms with Crippen molar-refractivity contribution in [1.82, 2.24) is 4.98 Å². The minimum absolute atomic E-state index is 0.00627. The molecule has 0 spiro atoms. The first kappa shape index (κ1) is 20.1. The van der Waals surface area contributed by atoms with E-state index in [4.69, 9.17) is 5.14 Å². The van der Waals surface area contributed by atoms with Crippen LogP contribution < -0.4 is 10.5 Å². The summed E-state index contributed by atoms with van der Waals surface area (Å²) in [6.07, 6.45) is 5.08. The lowest BCUT2D eigenvalue weighted by molar-refractivity contribution is 0.0823. The molecule has 8 nitrogen and oxygen atoms in total. The number of aryl methyl sites for hydroxylation is 2. The van der Waals surface area contributed by atoms with E-state index >= 15 is 0 Å². The van der Waals surface area contributed by atoms with E-state index in [9.17, 15) is 18.9 Å². The van der Waals surface area contributed by atoms with Crippen LogP contribution in [-0.2, 0) is 34.8 Å². The molecular formula is C19H22N4O4S2. The van der Waals surface area contributed by atoms with Gasteiger partial charge in [-0.25, -0.2) is 19.1 Å². The summed E-state index contributed by atoms with van der Waals surface area (Å²) in [6.45, 7) is 3.14. The van der Waals surface area contributed by atoms with Gasteiger partial charge in [-0.3, -0.25) is 4.79 Å². The largest absolute Gasteiger partial charge is 0.385 e. The second-order valence-corrected chi connectivity index (χ2v) is 10.8. The molecule has 4 N–H and O–H groups in total. The summed E-state index contributed by atoms with van der Waals surface area (Å²) in [4.78, 5) is 29.4. The first-order valence-corrected chi connectivity index (χ1v) is 11.7. The van der Waals surface area contributed by atoms with Crippen LogP contribution in [0.3, 0.4) is 0 Å². The zero-order valence-electron chi connectivity index (χ0n) is 16.2. The highest BCUT2D eigenvalue weighted by Crippen LogP contribution is 2.38. The van der Waals surface area contributed by atoms with E-state index < -0.39 is 21.5 Å². The van der Waals surface area contributed by atoms with Gasteiger partial charge >= 0.3 is 6.03 Å². The van der Waals surface area contributed by atoms with Crippen molar-refractivity contribution in [3.05, 3.63) is 39.4 Å². The summed E-state index contributed by atoms with van der Waals surface area (Å²) in [5, 5.41) is 18.5. The first-order valence-electron chi connectivity index (χ1n) is 9.31. The van der Waals surface area contributed by atoms with Crippen LogP contribution in [0.2, 0.25) is 0 Å². The van der Waals surface area contributed by atoms with Crippen molar-refractivity contribution >= 4 is 38.8 Å². The first-order chi connectivity index (χ1) is 13.6. The van der Waals surface area contributed by atoms with Gasteiger partial charge in [0.2, 0.25) is 4.34 Å². The number of ketones is 1. The van der Waals surface area contributed by atoms with E-state index in [0.29, 0.717) is 29.0 Å². The molecule has 1 aromatic heterocycles. The standard InChI is InChI=1S/C19H22N4O4S2/c1-19(2,26)14-9-21-18(28-14)29(20,27)23-17(25)22-16-12-5-3-4-10(12)8-11-6-7-13(24)15(11)16/h8-9,26H,3-7H2,1-2H3,(H3,20,22,23,25,27)/t29-/m0/s1. The lowest BCUT2D eigenvalue weighted by atomic mass is 9.98. The summed E-state index contributed by atoms with van der Waals surface area (Å²) in [6, 6.07) is 1.19. The fourth-order valence-electron chi connectivity index (χ4n) is 3.80. The minimum Gasteiger partial charge on any atom is -0.385 e. The number of thiazole rings is 1. The summed E-state index contributed by atoms with van der Waals surface area (Å²) >= 11 is 0.946. The SMILES string of the molecule is CC(C)(O)c1cnc([S@@](N)(=O)=NC(=O)Nc2c3c(cc4c2C(=O)CC4)CCC3)s1. The Balaban J connectivity index is 1.68. The molecule has 0 radical (unpaired) electrons. The van der Waals surface area contributed by atoms with Crippen molar-refractivity contribution in [1.29, 1.82) is 0 Å². The Morgan fingerprint density at radius 1 is 1.31 bits per heavy atom. The van der Waals surface area contributed by atoms with E-state index in [2.05, 4.69) is 20.7 Å². The molecule has 0 saturated heterocycles. The van der Waals surface area contributed by atoms with Gasteiger partial charge in [-0.15, -0.1) is 15.7 Å². The summed E-state index contributed by atoms with van der Waals surface area (Å²) in [5.41, 5.74) is 2.88. The molecule has 4 rings (SSSR count). The van der Waals surface area contributed by atoms with Crippen molar-refractivity contribution in [2.45, 2.75) is 55.9 Å². The maximum Gasteiger partial charge on any atom is 0.354 e. The Morgan fingerprint density at radius 2 is 2.07 bits per heavy atom. The van der Waals surface area contributed by atoms with E-state index in [1.54, 1.807) is 13.8 Å². The van der Waals surface area contributed by atoms with Gasteiger partial charge in [-0.1, -0.05) is 6.07 Å². The number of carbonyl (C=O) groups excluding carboxylic acids is 2. The number of nitrogens with two attached hydrogens (primary N) is 1. The Morgan fingerprint density at radius 3 is 2.76 bits per heavy atom. The van der Waals surface area contributed by atoms with Crippen LogP contribution in [0.25, 0.3) is 0 Å². The molecule has 1 aromatic carbocycles. The lowest BCUT2D eigenvalue weighted by Crippen LogP contribution is -2.19. The van der Waals surface area contributed by atoms with Crippen LogP contribution in [0, 0.1) is 0 Å². The summed E-state index contributed by atoms with van der Waals surface area (Å²) in [7, 11) is -3.59. The number of hydrogen-bond acceptors (Lipinski definition) is 6. The van der Waals surface area contributed by atoms with Crippen molar-refractivity contribution in [3.8, 4) is 0 Å². The minimum atomic E-state index is -3.59. The Labute approximate surface area is 172 Å². The molecule has 2 aliphatic rings. The molecule has 0 bridgehead atoms. The van der Waals surface area contributed by atoms with Crippen molar-refractivity contribution in [2.24, 2.45) is 9.50 Å². The maximum atomic E-state index is 12.8. The van der Waals surface area contributed by atoms with Gasteiger partial charge in [0, 0.05) is 18.2 Å². The fourth-order valence-corrected chi connectivity index (χ4v) is 5.88. The fraction of sp³-hybridized carbons (Fsp3) is 0.421. The molecule has 1 atom stereocenters. The van der Waals surface area contributed by atoms with Gasteiger partial charge < -0.3 is 10.4 Å². The number of Topliss-reactive ketones (excluding diaryl/α,β-unsaturated/α-hetero) is 1. The highest BCUT2D eigenvalue weighted by Gasteiger charge is 2.30. The van der Waals surface area contributed by atoms with Crippen molar-refractivity contribution in [3.63, 3.8) is 0 Å². The molecule has 29 heavy (non-hydrogen) atoms. The van der Waals surface area contributed by atoms with Crippen LogP contribution in [0.1, 0.15) is 58.6 Å². The number of carbonyl (C=O) groups is 2. The van der Waals surface area contributed by atoms with E-state index in [0.717, 1.165) is 47.3 Å². The van der Waals surface area contributed by atoms with E-state index in [1.807, 2.05) is 0 Å². The number of fused-ring (bicyclic) bond motifs is 2. The van der Waals surface area contributed by atoms with Gasteiger partial charge in [-0.2, -0.15) is 0 Å². The van der Waals surface area contributed by atoms with Crippen LogP contribution in [0.5, 0.6) is 0 Å². The topological polar surface area (TPSA) is 135 Å². The molecule has 2 amide bonds. The number of aromatic nitrogens is 1. The molecule has 154 valence electrons. The average molecular weight is 435 g/mol. The number of urea groups is 1. The molecular weight excluding hydrogens is 412 g/mol. The van der Waals surface area contributed by atoms with Crippen molar-refractivity contribution < 1.29 is 18.9 Å². The summed E-state index contributed by atoms with van der Waals surface area (Å²) < 4.78 is 16.4. The van der Waals surface area contributed by atoms with Crippen LogP contribution in [0.15, 0.2) is 21.0 Å². The van der Waals surface area contributed by atoms with Gasteiger partial charge in [0.15, 0.2) is 15.7 Å². The number of anilines is 1. The Bertz CT molecular complexity index is 1150. The molecule has 2 aliphatic carbocycles. The lowest BCUT2D eigenvalue weighted by Gasteiger charge is -2.14. The number of amides is 2. The van der Waals surface area contributed by atoms with Crippen molar-refractivity contribution in [2.75, 3.05) is 5.32 Å². The molecule has 0 unspecified atom stereocenters. The zero-order chi connectivity index (χ0) is 21.0. The van der Waals surface area contributed by atoms with Crippen LogP contribution in [0.4, 0.5) is 10.5 Å². The number of rotatable bonds is 3. The molecule has 0 fully saturated rings. The third-order valence-electron chi connectivity index (χ3n) is 5.17. The number of hydrogen-bond donors (Lipinski definition) is 3. The molecule has 1 heterocycles. The predicted octanol–water partition coefficient (Wildman–Crippen LogP) is 2.92. The van der Waals surface area contributed by atoms with Gasteiger partial charge in [0.05, 0.1) is 16.2 Å². The summed E-state index contributed by atoms with van der Waals surface area (Å²) in [5.74, 6) is -0.00627. The molecule has 0 saturated carbocycles. The Hall–Kier alpha value is -2.14. The van der Waals surface area contributed by atoms with Gasteiger partial charge in [0.25, 0.3) is 0 Å². The monoisotopic (exact) mass is 434 g/mol. The number of nitrogens with one attached hydrogen (secondary N) is 1. The number of nitrogens with zero attached hydrogens (tertiary/aromatic N) is 2. The highest BCUT2D eigenvalue weighted by atomic mass is 32.2. The molecule has 2 aromatic rings. The normalized spacial score (nSPS) is 17.6. The number of aliphatic hydroxyl groups is 1. The highest BCUT2D eigenvalue weighted by molar-refractivity contribution is 7.93. The maximum absolute atomic E-state index is 12.8. The zero-order valence-corrected chi connectivity index (χ0v) is 17.8. The van der Waals surface area contributed by atoms with Crippen LogP contribution in [-0.4, -0.2) is 26.1 Å². The second kappa shape index (κ2) is 6.98. The Kier molecular flexibility index (Phi) is 4.85. The second-order valence-electron chi connectivity index (χ2n) is 7.84. The van der Waals surface area contributed by atoms with E-state index in [-0.39, 0.29) is 10.1 Å². The predicted molar refractivity (Wildman–Crippen MR) is 111 cm³/mol. The van der Waals surface area contributed by atoms with Crippen LogP contribution >= 0.6 is 11.3 Å². The number of benzene rings is 1. The average Bonchev–Trinajstić information content (AvgIpc) is 3.33. The third kappa shape index (κ3) is 3.73. The smallest absolute Gasteiger partial charge is 0.354 e. The molecule has 0 aliphatic heterocycles. The van der Waals surface area contributed by atoms with E-state index in [1.165, 1.54) is 6.20 Å². The molecule has 10 heteroatoms. The quantitative estimate of drug-likeness (QED) is 0.683. The third-order valence-corrected chi connectivity index (χ3v) is 8.28. The van der Waals surface area contributed by atoms with Gasteiger partial charge in [0.1, 0.15) is 0 Å². The van der Waals surface area contributed by atoms with Gasteiger partial charge in [-0.05, 0) is 56.2 Å².